The van der Waals surface area contributed by atoms with Crippen molar-refractivity contribution in [3.05, 3.63) is 0 Å². The lowest BCUT2D eigenvalue weighted by molar-refractivity contribution is -0.163. The highest BCUT2D eigenvalue weighted by molar-refractivity contribution is 5.97. The minimum absolute atomic E-state index is 0.0508. The number of aliphatic hydroxyl groups excluding tert-OH is 2. The van der Waals surface area contributed by atoms with Crippen molar-refractivity contribution >= 4 is 53.2 Å². The summed E-state index contributed by atoms with van der Waals surface area (Å²) in [6, 6.07) is -7.86. The fourth-order valence-electron chi connectivity index (χ4n) is 4.63. The second-order valence-corrected chi connectivity index (χ2v) is 11.8. The smallest absolute Gasteiger partial charge is 0.245 e. The van der Waals surface area contributed by atoms with E-state index in [1.807, 2.05) is 0 Å². The summed E-state index contributed by atoms with van der Waals surface area (Å²) < 4.78 is 0. The van der Waals surface area contributed by atoms with Gasteiger partial charge in [-0.15, -0.1) is 0 Å². The lowest BCUT2D eigenvalue weighted by Crippen LogP contribution is -2.61. The van der Waals surface area contributed by atoms with E-state index in [0.717, 1.165) is 20.8 Å². The maximum atomic E-state index is 13.7. The SMILES string of the molecule is CC(=O)N(O)CCC[C@@H]1NC(=O)CNC(=O)[C@H](CO)NC(=O)[C@H](CO)NC(=O)[C@H](CCCN(O)C(C)=O)NC(=O)[C@H](CCCN(O)C(C)=O)NC1=O. The van der Waals surface area contributed by atoms with Crippen LogP contribution in [-0.2, 0) is 43.2 Å². The van der Waals surface area contributed by atoms with Crippen LogP contribution in [0.1, 0.15) is 59.3 Å². The number of rotatable bonds is 14. The van der Waals surface area contributed by atoms with Crippen LogP contribution in [0.2, 0.25) is 0 Å². The van der Waals surface area contributed by atoms with Crippen LogP contribution in [0, 0.1) is 0 Å². The lowest BCUT2D eigenvalue weighted by atomic mass is 10.0. The molecule has 23 heteroatoms. The van der Waals surface area contributed by atoms with Crippen LogP contribution in [-0.4, -0.2) is 164 Å². The minimum Gasteiger partial charge on any atom is -0.394 e. The third-order valence-corrected chi connectivity index (χ3v) is 7.65. The Morgan fingerprint density at radius 2 is 0.808 bits per heavy atom. The number of carbonyl (C=O) groups is 9. The molecule has 9 amide bonds. The number of carbonyl (C=O) groups excluding carboxylic acids is 9. The third kappa shape index (κ3) is 15.9. The van der Waals surface area contributed by atoms with Gasteiger partial charge in [0, 0.05) is 40.4 Å². The van der Waals surface area contributed by atoms with E-state index in [4.69, 9.17) is 0 Å². The molecule has 11 N–H and O–H groups in total. The van der Waals surface area contributed by atoms with Gasteiger partial charge in [-0.25, -0.2) is 15.2 Å². The number of aliphatic hydroxyl groups is 2. The Hall–Kier alpha value is -4.97. The summed E-state index contributed by atoms with van der Waals surface area (Å²) in [5.41, 5.74) is 0. The second kappa shape index (κ2) is 22.8. The van der Waals surface area contributed by atoms with Crippen LogP contribution < -0.4 is 31.9 Å². The fourth-order valence-corrected chi connectivity index (χ4v) is 4.63. The van der Waals surface area contributed by atoms with Gasteiger partial charge in [0.2, 0.25) is 53.2 Å². The van der Waals surface area contributed by atoms with Crippen molar-refractivity contribution < 1.29 is 69.0 Å². The van der Waals surface area contributed by atoms with Crippen molar-refractivity contribution in [2.24, 2.45) is 0 Å². The predicted octanol–water partition coefficient (Wildman–Crippen LogP) is -5.42. The number of hydrogen-bond acceptors (Lipinski definition) is 14. The van der Waals surface area contributed by atoms with Gasteiger partial charge in [0.05, 0.1) is 19.8 Å². The van der Waals surface area contributed by atoms with Crippen LogP contribution in [0.15, 0.2) is 0 Å². The Morgan fingerprint density at radius 3 is 1.13 bits per heavy atom. The zero-order valence-corrected chi connectivity index (χ0v) is 29.1. The molecule has 1 fully saturated rings. The summed E-state index contributed by atoms with van der Waals surface area (Å²) >= 11 is 0. The molecule has 0 bridgehead atoms. The van der Waals surface area contributed by atoms with Crippen LogP contribution in [0.5, 0.6) is 0 Å². The summed E-state index contributed by atoms with van der Waals surface area (Å²) in [6.07, 6.45) is -0.960. The molecule has 52 heavy (non-hydrogen) atoms. The maximum absolute atomic E-state index is 13.7. The molecule has 0 saturated carbocycles. The topological polar surface area (TPSA) is 337 Å². The molecule has 1 heterocycles. The molecule has 0 spiro atoms. The Balaban J connectivity index is 3.56. The number of amides is 9. The Kier molecular flexibility index (Phi) is 19.7. The van der Waals surface area contributed by atoms with Crippen LogP contribution >= 0.6 is 0 Å². The lowest BCUT2D eigenvalue weighted by Gasteiger charge is -2.28. The number of nitrogens with one attached hydrogen (secondary N) is 6. The Bertz CT molecular complexity index is 1300. The van der Waals surface area contributed by atoms with E-state index >= 15 is 0 Å². The summed E-state index contributed by atoms with van der Waals surface area (Å²) in [7, 11) is 0. The van der Waals surface area contributed by atoms with Gasteiger partial charge in [0.15, 0.2) is 0 Å². The largest absolute Gasteiger partial charge is 0.394 e. The number of hydrogen-bond donors (Lipinski definition) is 11. The Labute approximate surface area is 298 Å². The first kappa shape index (κ1) is 45.1. The van der Waals surface area contributed by atoms with E-state index in [-0.39, 0.29) is 58.2 Å². The van der Waals surface area contributed by atoms with E-state index in [1.54, 1.807) is 0 Å². The second-order valence-electron chi connectivity index (χ2n) is 11.8. The molecule has 1 aliphatic heterocycles. The molecule has 5 atom stereocenters. The van der Waals surface area contributed by atoms with E-state index < -0.39 is 103 Å². The molecular weight excluding hydrogens is 698 g/mol. The van der Waals surface area contributed by atoms with Gasteiger partial charge in [0.25, 0.3) is 0 Å². The van der Waals surface area contributed by atoms with Gasteiger partial charge < -0.3 is 42.1 Å². The van der Waals surface area contributed by atoms with Crippen LogP contribution in [0.3, 0.4) is 0 Å². The molecule has 23 nitrogen and oxygen atoms in total. The summed E-state index contributed by atoms with van der Waals surface area (Å²) in [5, 5.41) is 63.7. The summed E-state index contributed by atoms with van der Waals surface area (Å²) in [6.45, 7) is -0.358. The minimum atomic E-state index is -1.72. The van der Waals surface area contributed by atoms with E-state index in [0.29, 0.717) is 15.2 Å². The molecular formula is C29H49N9O14. The molecule has 0 radical (unpaired) electrons. The zero-order chi connectivity index (χ0) is 39.5. The first-order chi connectivity index (χ1) is 24.4. The first-order valence-electron chi connectivity index (χ1n) is 16.3. The van der Waals surface area contributed by atoms with E-state index in [2.05, 4.69) is 31.9 Å². The molecule has 0 aromatic heterocycles. The maximum Gasteiger partial charge on any atom is 0.245 e. The molecule has 0 aromatic carbocycles. The quantitative estimate of drug-likeness (QED) is 0.0584. The summed E-state index contributed by atoms with van der Waals surface area (Å²) in [5.74, 6) is -8.27. The normalized spacial score (nSPS) is 22.3. The zero-order valence-electron chi connectivity index (χ0n) is 29.1. The van der Waals surface area contributed by atoms with Crippen molar-refractivity contribution in [2.75, 3.05) is 39.4 Å². The average molecular weight is 748 g/mol. The molecule has 1 saturated heterocycles. The highest BCUT2D eigenvalue weighted by Crippen LogP contribution is 2.08. The van der Waals surface area contributed by atoms with Crippen molar-refractivity contribution in [2.45, 2.75) is 89.5 Å². The van der Waals surface area contributed by atoms with Crippen LogP contribution in [0.25, 0.3) is 0 Å². The number of nitrogens with zero attached hydrogens (tertiary/aromatic N) is 3. The number of hydroxylamine groups is 6. The molecule has 0 aromatic rings. The van der Waals surface area contributed by atoms with E-state index in [1.165, 1.54) is 0 Å². The third-order valence-electron chi connectivity index (χ3n) is 7.65. The van der Waals surface area contributed by atoms with Gasteiger partial charge in [-0.3, -0.25) is 58.8 Å². The van der Waals surface area contributed by atoms with Crippen molar-refractivity contribution in [1.29, 1.82) is 0 Å². The summed E-state index contributed by atoms with van der Waals surface area (Å²) in [4.78, 5) is 113. The first-order valence-corrected chi connectivity index (χ1v) is 16.3. The highest BCUT2D eigenvalue weighted by Gasteiger charge is 2.33. The molecule has 0 unspecified atom stereocenters. The van der Waals surface area contributed by atoms with Crippen molar-refractivity contribution in [3.63, 3.8) is 0 Å². The molecule has 294 valence electrons. The Morgan fingerprint density at radius 1 is 0.519 bits per heavy atom. The van der Waals surface area contributed by atoms with E-state index in [9.17, 15) is 69.0 Å². The molecule has 1 aliphatic rings. The van der Waals surface area contributed by atoms with Gasteiger partial charge in [-0.1, -0.05) is 0 Å². The standard InChI is InChI=1S/C29H49N9O14/c1-16(41)36(50)10-4-7-19-26(46)32-20(8-5-11-37(51)17(2)42)27(47)33-21(9-6-12-38(52)18(3)43)28(48)35-23(15-40)29(49)34-22(14-39)25(45)30-13-24(44)31-19/h19-23,39-40,50-52H,4-15H2,1-3H3,(H,30,45)(H,31,44)(H,32,46)(H,33,47)(H,34,49)(H,35,48)/t19-,20-,21-,22-,23-/m0/s1. The fraction of sp³-hybridized carbons (Fsp3) is 0.690. The molecule has 0 aliphatic carbocycles. The highest BCUT2D eigenvalue weighted by atomic mass is 16.5. The van der Waals surface area contributed by atoms with Crippen molar-refractivity contribution in [3.8, 4) is 0 Å². The van der Waals surface area contributed by atoms with Gasteiger partial charge >= 0.3 is 0 Å². The monoisotopic (exact) mass is 747 g/mol. The van der Waals surface area contributed by atoms with Gasteiger partial charge in [0.1, 0.15) is 30.2 Å². The van der Waals surface area contributed by atoms with Gasteiger partial charge in [-0.05, 0) is 38.5 Å². The van der Waals surface area contributed by atoms with Crippen molar-refractivity contribution in [1.82, 2.24) is 47.1 Å². The predicted molar refractivity (Wildman–Crippen MR) is 172 cm³/mol. The van der Waals surface area contributed by atoms with Crippen LogP contribution in [0.4, 0.5) is 0 Å². The van der Waals surface area contributed by atoms with Gasteiger partial charge in [-0.2, -0.15) is 0 Å². The molecule has 1 rings (SSSR count). The average Bonchev–Trinajstić information content (AvgIpc) is 3.09.